The van der Waals surface area contributed by atoms with Crippen molar-refractivity contribution >= 4 is 11.8 Å². The highest BCUT2D eigenvalue weighted by atomic mass is 16.5. The highest BCUT2D eigenvalue weighted by Crippen LogP contribution is 2.15. The summed E-state index contributed by atoms with van der Waals surface area (Å²) in [6.45, 7) is 3.79. The Hall–Kier alpha value is -1.60. The number of nitrogens with two attached hydrogens (primary N) is 1. The van der Waals surface area contributed by atoms with E-state index in [1.807, 2.05) is 4.57 Å². The van der Waals surface area contributed by atoms with Crippen LogP contribution in [0.3, 0.4) is 0 Å². The molecule has 1 fully saturated rings. The molecule has 0 radical (unpaired) electrons. The molecule has 0 amide bonds. The summed E-state index contributed by atoms with van der Waals surface area (Å²) in [6.07, 6.45) is 1.60. The monoisotopic (exact) mass is 267 g/mol. The van der Waals surface area contributed by atoms with E-state index in [0.717, 1.165) is 26.2 Å². The number of anilines is 1. The number of likely N-dealkylation sites (N-methyl/N-ethyl adjacent to an activating group) is 2. The molecule has 7 nitrogen and oxygen atoms in total. The zero-order valence-electron chi connectivity index (χ0n) is 11.7. The molecule has 0 bridgehead atoms. The number of aromatic nitrogens is 2. The van der Waals surface area contributed by atoms with E-state index in [9.17, 15) is 4.79 Å². The Balaban J connectivity index is 2.10. The van der Waals surface area contributed by atoms with Crippen molar-refractivity contribution in [2.45, 2.75) is 12.6 Å². The van der Waals surface area contributed by atoms with E-state index >= 15 is 0 Å². The number of hydrogen-bond donors (Lipinski definition) is 1. The third kappa shape index (κ3) is 2.87. The fourth-order valence-electron chi connectivity index (χ4n) is 2.32. The summed E-state index contributed by atoms with van der Waals surface area (Å²) in [5, 5.41) is 0. The smallest absolute Gasteiger partial charge is 0.360 e. The lowest BCUT2D eigenvalue weighted by atomic mass is 10.2. The standard InChI is InChI=1S/C12H21N5O2/c1-15-4-5-16(2)9(6-15)7-17-8-14-10(11(17)13)12(18)19-3/h8-9H,4-7,13H2,1-3H3. The number of ether oxygens (including phenoxy) is 1. The van der Waals surface area contributed by atoms with Crippen LogP contribution >= 0.6 is 0 Å². The number of nitrogen functional groups attached to an aromatic ring is 1. The van der Waals surface area contributed by atoms with Gasteiger partial charge in [0.1, 0.15) is 5.82 Å². The van der Waals surface area contributed by atoms with Crippen molar-refractivity contribution in [2.75, 3.05) is 46.6 Å². The maximum Gasteiger partial charge on any atom is 0.360 e. The summed E-state index contributed by atoms with van der Waals surface area (Å²) >= 11 is 0. The van der Waals surface area contributed by atoms with Crippen molar-refractivity contribution in [1.29, 1.82) is 0 Å². The average Bonchev–Trinajstić information content (AvgIpc) is 2.75. The van der Waals surface area contributed by atoms with Gasteiger partial charge >= 0.3 is 5.97 Å². The maximum atomic E-state index is 11.5. The maximum absolute atomic E-state index is 11.5. The van der Waals surface area contributed by atoms with E-state index < -0.39 is 5.97 Å². The predicted molar refractivity (Wildman–Crippen MR) is 71.9 cm³/mol. The lowest BCUT2D eigenvalue weighted by Gasteiger charge is -2.37. The normalized spacial score (nSPS) is 21.5. The van der Waals surface area contributed by atoms with E-state index in [1.165, 1.54) is 7.11 Å². The molecule has 106 valence electrons. The van der Waals surface area contributed by atoms with Crippen LogP contribution in [0.5, 0.6) is 0 Å². The fraction of sp³-hybridized carbons (Fsp3) is 0.667. The summed E-state index contributed by atoms with van der Waals surface area (Å²) < 4.78 is 6.46. The van der Waals surface area contributed by atoms with Crippen molar-refractivity contribution in [3.63, 3.8) is 0 Å². The molecule has 1 saturated heterocycles. The van der Waals surface area contributed by atoms with Gasteiger partial charge in [-0.15, -0.1) is 0 Å². The topological polar surface area (TPSA) is 76.6 Å². The van der Waals surface area contributed by atoms with E-state index in [0.29, 0.717) is 11.9 Å². The number of carbonyl (C=O) groups excluding carboxylic acids is 1. The molecule has 1 aliphatic heterocycles. The molecular formula is C12H21N5O2. The molecule has 2 heterocycles. The molecule has 0 aromatic carbocycles. The van der Waals surface area contributed by atoms with Crippen molar-refractivity contribution < 1.29 is 9.53 Å². The van der Waals surface area contributed by atoms with E-state index in [2.05, 4.69) is 33.6 Å². The highest BCUT2D eigenvalue weighted by Gasteiger charge is 2.24. The molecule has 1 unspecified atom stereocenters. The first-order valence-electron chi connectivity index (χ1n) is 6.30. The number of hydrogen-bond acceptors (Lipinski definition) is 6. The Bertz CT molecular complexity index is 459. The number of esters is 1. The first kappa shape index (κ1) is 13.8. The van der Waals surface area contributed by atoms with Gasteiger partial charge in [0.25, 0.3) is 0 Å². The predicted octanol–water partition coefficient (Wildman–Crippen LogP) is -0.502. The molecule has 2 rings (SSSR count). The van der Waals surface area contributed by atoms with Gasteiger partial charge in [-0.1, -0.05) is 0 Å². The zero-order valence-corrected chi connectivity index (χ0v) is 11.7. The molecule has 1 aromatic heterocycles. The van der Waals surface area contributed by atoms with Crippen molar-refractivity contribution in [3.05, 3.63) is 12.0 Å². The third-order valence-corrected chi connectivity index (χ3v) is 3.64. The van der Waals surface area contributed by atoms with Crippen molar-refractivity contribution in [2.24, 2.45) is 0 Å². The van der Waals surface area contributed by atoms with Crippen LogP contribution in [0.2, 0.25) is 0 Å². The minimum absolute atomic E-state index is 0.189. The fourth-order valence-corrected chi connectivity index (χ4v) is 2.32. The van der Waals surface area contributed by atoms with Gasteiger partial charge in [-0.3, -0.25) is 4.90 Å². The number of rotatable bonds is 3. The van der Waals surface area contributed by atoms with Gasteiger partial charge in [-0.25, -0.2) is 9.78 Å². The second-order valence-electron chi connectivity index (χ2n) is 5.02. The van der Waals surface area contributed by atoms with Crippen LogP contribution in [0, 0.1) is 0 Å². The Morgan fingerprint density at radius 2 is 2.26 bits per heavy atom. The van der Waals surface area contributed by atoms with Crippen LogP contribution in [0.4, 0.5) is 5.82 Å². The van der Waals surface area contributed by atoms with Crippen LogP contribution in [-0.2, 0) is 11.3 Å². The van der Waals surface area contributed by atoms with E-state index in [4.69, 9.17) is 5.73 Å². The van der Waals surface area contributed by atoms with Gasteiger partial charge in [-0.05, 0) is 14.1 Å². The molecule has 1 atom stereocenters. The van der Waals surface area contributed by atoms with Crippen LogP contribution in [0.1, 0.15) is 10.5 Å². The number of nitrogens with zero attached hydrogens (tertiary/aromatic N) is 4. The minimum Gasteiger partial charge on any atom is -0.464 e. The molecular weight excluding hydrogens is 246 g/mol. The van der Waals surface area contributed by atoms with Crippen molar-refractivity contribution in [3.8, 4) is 0 Å². The summed E-state index contributed by atoms with van der Waals surface area (Å²) in [4.78, 5) is 20.1. The van der Waals surface area contributed by atoms with Gasteiger partial charge in [0.2, 0.25) is 0 Å². The average molecular weight is 267 g/mol. The first-order chi connectivity index (χ1) is 9.02. The molecule has 0 saturated carbocycles. The first-order valence-corrected chi connectivity index (χ1v) is 6.30. The second-order valence-corrected chi connectivity index (χ2v) is 5.02. The van der Waals surface area contributed by atoms with Crippen LogP contribution < -0.4 is 5.73 Å². The quantitative estimate of drug-likeness (QED) is 0.744. The Labute approximate surface area is 112 Å². The molecule has 2 N–H and O–H groups in total. The second kappa shape index (κ2) is 5.58. The van der Waals surface area contributed by atoms with Gasteiger partial charge in [0.15, 0.2) is 5.69 Å². The molecule has 1 aromatic rings. The van der Waals surface area contributed by atoms with Gasteiger partial charge in [0, 0.05) is 32.2 Å². The Morgan fingerprint density at radius 3 is 2.95 bits per heavy atom. The Morgan fingerprint density at radius 1 is 1.53 bits per heavy atom. The number of imidazole rings is 1. The summed E-state index contributed by atoms with van der Waals surface area (Å²) in [5.41, 5.74) is 6.13. The summed E-state index contributed by atoms with van der Waals surface area (Å²) in [5.74, 6) is -0.126. The van der Waals surface area contributed by atoms with Gasteiger partial charge in [0.05, 0.1) is 13.4 Å². The van der Waals surface area contributed by atoms with Crippen LogP contribution in [0.25, 0.3) is 0 Å². The lowest BCUT2D eigenvalue weighted by molar-refractivity contribution is 0.0595. The summed E-state index contributed by atoms with van der Waals surface area (Å²) in [6, 6.07) is 0.362. The lowest BCUT2D eigenvalue weighted by Crippen LogP contribution is -2.51. The molecule has 7 heteroatoms. The third-order valence-electron chi connectivity index (χ3n) is 3.64. The van der Waals surface area contributed by atoms with E-state index in [-0.39, 0.29) is 5.69 Å². The molecule has 0 aliphatic carbocycles. The molecule has 19 heavy (non-hydrogen) atoms. The number of piperazine rings is 1. The molecule has 1 aliphatic rings. The van der Waals surface area contributed by atoms with Crippen LogP contribution in [0.15, 0.2) is 6.33 Å². The minimum atomic E-state index is -0.495. The Kier molecular flexibility index (Phi) is 4.06. The SMILES string of the molecule is COC(=O)c1ncn(CC2CN(C)CCN2C)c1N. The number of carbonyl (C=O) groups is 1. The highest BCUT2D eigenvalue weighted by molar-refractivity contribution is 5.92. The van der Waals surface area contributed by atoms with E-state index in [1.54, 1.807) is 6.33 Å². The van der Waals surface area contributed by atoms with Crippen molar-refractivity contribution in [1.82, 2.24) is 19.4 Å². The summed E-state index contributed by atoms with van der Waals surface area (Å²) in [7, 11) is 5.54. The van der Waals surface area contributed by atoms with Gasteiger partial charge < -0.3 is 19.9 Å². The number of methoxy groups -OCH3 is 1. The largest absolute Gasteiger partial charge is 0.464 e. The molecule has 0 spiro atoms. The van der Waals surface area contributed by atoms with Gasteiger partial charge in [-0.2, -0.15) is 0 Å². The van der Waals surface area contributed by atoms with Crippen LogP contribution in [-0.4, -0.2) is 72.2 Å². The zero-order chi connectivity index (χ0) is 14.0.